The van der Waals surface area contributed by atoms with Gasteiger partial charge < -0.3 is 14.9 Å². The van der Waals surface area contributed by atoms with Crippen LogP contribution in [-0.2, 0) is 11.3 Å². The van der Waals surface area contributed by atoms with E-state index >= 15 is 0 Å². The summed E-state index contributed by atoms with van der Waals surface area (Å²) in [7, 11) is 1.85. The van der Waals surface area contributed by atoms with E-state index in [4.69, 9.17) is 4.74 Å². The molecule has 2 rings (SSSR count). The number of ether oxygens (including phenoxy) is 1. The van der Waals surface area contributed by atoms with Crippen LogP contribution in [0, 0.1) is 0 Å². The minimum atomic E-state index is 0.100. The molecule has 0 amide bonds. The average Bonchev–Trinajstić information content (AvgIpc) is 2.98. The zero-order chi connectivity index (χ0) is 11.7. The molecule has 5 nitrogen and oxygen atoms in total. The molecule has 1 aliphatic heterocycles. The first kappa shape index (κ1) is 11.6. The highest BCUT2D eigenvalue weighted by molar-refractivity contribution is 7.98. The molecule has 2 atom stereocenters. The number of nitrogens with one attached hydrogen (secondary N) is 1. The Hall–Kier alpha value is -0.850. The molecule has 90 valence electrons. The fraction of sp³-hybridized carbons (Fsp3) is 0.600. The molecule has 0 aromatic carbocycles. The molecule has 2 unspecified atom stereocenters. The van der Waals surface area contributed by atoms with E-state index in [1.807, 2.05) is 13.3 Å². The number of aromatic hydroxyl groups is 2. The Bertz CT molecular complexity index is 380. The van der Waals surface area contributed by atoms with Crippen LogP contribution in [0.25, 0.3) is 0 Å². The van der Waals surface area contributed by atoms with Gasteiger partial charge in [-0.05, 0) is 19.7 Å². The molecule has 0 bridgehead atoms. The number of aromatic nitrogens is 1. The summed E-state index contributed by atoms with van der Waals surface area (Å²) in [6.07, 6.45) is 2.94. The maximum atomic E-state index is 9.79. The zero-order valence-corrected chi connectivity index (χ0v) is 10.1. The maximum Gasteiger partial charge on any atom is 0.207 e. The van der Waals surface area contributed by atoms with E-state index in [2.05, 4.69) is 5.32 Å². The van der Waals surface area contributed by atoms with Crippen LogP contribution in [0.1, 0.15) is 6.42 Å². The summed E-state index contributed by atoms with van der Waals surface area (Å²) < 4.78 is 6.81. The number of rotatable bonds is 5. The second-order valence-corrected chi connectivity index (χ2v) is 4.57. The lowest BCUT2D eigenvalue weighted by Crippen LogP contribution is -2.14. The number of hydrogen-bond donors (Lipinski definition) is 3. The Balaban J connectivity index is 1.96. The van der Waals surface area contributed by atoms with Crippen molar-refractivity contribution in [2.75, 3.05) is 13.3 Å². The molecule has 6 heteroatoms. The van der Waals surface area contributed by atoms with E-state index in [-0.39, 0.29) is 24.1 Å². The lowest BCUT2D eigenvalue weighted by molar-refractivity contribution is 0.326. The van der Waals surface area contributed by atoms with Crippen molar-refractivity contribution >= 4 is 11.8 Å². The summed E-state index contributed by atoms with van der Waals surface area (Å²) in [5.74, 6) is 0.232. The van der Waals surface area contributed by atoms with Crippen LogP contribution in [0.4, 0.5) is 0 Å². The highest BCUT2D eigenvalue weighted by Crippen LogP contribution is 2.35. The third-order valence-corrected chi connectivity index (χ3v) is 3.48. The van der Waals surface area contributed by atoms with Crippen molar-refractivity contribution in [3.63, 3.8) is 0 Å². The molecular formula is C10H16N2O3S. The van der Waals surface area contributed by atoms with E-state index in [9.17, 15) is 10.2 Å². The topological polar surface area (TPSA) is 70.0 Å². The van der Waals surface area contributed by atoms with Gasteiger partial charge in [0, 0.05) is 12.6 Å². The number of epoxide rings is 1. The summed E-state index contributed by atoms with van der Waals surface area (Å²) in [5, 5.41) is 22.4. The number of likely N-dealkylation sites (N-methyl/N-ethyl adjacent to an activating group) is 1. The third-order valence-electron chi connectivity index (χ3n) is 2.74. The molecule has 1 aromatic heterocycles. The van der Waals surface area contributed by atoms with Gasteiger partial charge in [-0.25, -0.2) is 0 Å². The lowest BCUT2D eigenvalue weighted by atomic mass is 10.3. The first-order valence-corrected chi connectivity index (χ1v) is 6.38. The minimum absolute atomic E-state index is 0.100. The standard InChI is InChI=1S/C10H16N2O3S/c1-11-9-6(15-9)3-4-12-8(13)5-7(16-2)10(12)14/h5-6,9,11,13-14H,3-4H2,1-2H3. The van der Waals surface area contributed by atoms with Gasteiger partial charge in [0.25, 0.3) is 0 Å². The van der Waals surface area contributed by atoms with Gasteiger partial charge in [-0.2, -0.15) is 0 Å². The SMILES string of the molecule is CNC1OC1CCn1c(O)cc(SC)c1O. The minimum Gasteiger partial charge on any atom is -0.494 e. The summed E-state index contributed by atoms with van der Waals surface area (Å²) in [5.41, 5.74) is 0. The summed E-state index contributed by atoms with van der Waals surface area (Å²) in [6.45, 7) is 0.557. The van der Waals surface area contributed by atoms with Crippen LogP contribution in [0.5, 0.6) is 11.8 Å². The van der Waals surface area contributed by atoms with Crippen LogP contribution in [0.2, 0.25) is 0 Å². The molecule has 1 aliphatic rings. The second-order valence-electron chi connectivity index (χ2n) is 3.72. The molecular weight excluding hydrogens is 228 g/mol. The smallest absolute Gasteiger partial charge is 0.207 e. The Kier molecular flexibility index (Phi) is 3.32. The molecule has 1 fully saturated rings. The third kappa shape index (κ3) is 2.14. The van der Waals surface area contributed by atoms with Crippen molar-refractivity contribution in [1.29, 1.82) is 0 Å². The number of nitrogens with zero attached hydrogens (tertiary/aromatic N) is 1. The van der Waals surface area contributed by atoms with E-state index < -0.39 is 0 Å². The van der Waals surface area contributed by atoms with Gasteiger partial charge in [0.05, 0.1) is 4.90 Å². The Morgan fingerprint density at radius 1 is 1.56 bits per heavy atom. The average molecular weight is 244 g/mol. The van der Waals surface area contributed by atoms with Gasteiger partial charge in [0.2, 0.25) is 5.88 Å². The van der Waals surface area contributed by atoms with Crippen molar-refractivity contribution in [3.05, 3.63) is 6.07 Å². The molecule has 3 N–H and O–H groups in total. The lowest BCUT2D eigenvalue weighted by Gasteiger charge is -2.05. The van der Waals surface area contributed by atoms with E-state index in [1.165, 1.54) is 16.3 Å². The van der Waals surface area contributed by atoms with Crippen LogP contribution in [0.15, 0.2) is 11.0 Å². The van der Waals surface area contributed by atoms with Crippen molar-refractivity contribution < 1.29 is 14.9 Å². The summed E-state index contributed by atoms with van der Waals surface area (Å²) >= 11 is 1.41. The van der Waals surface area contributed by atoms with Gasteiger partial charge in [-0.1, -0.05) is 0 Å². The summed E-state index contributed by atoms with van der Waals surface area (Å²) in [6, 6.07) is 1.57. The van der Waals surface area contributed by atoms with Crippen LogP contribution in [0.3, 0.4) is 0 Å². The molecule has 0 saturated carbocycles. The van der Waals surface area contributed by atoms with Crippen LogP contribution in [-0.4, -0.2) is 40.4 Å². The Morgan fingerprint density at radius 2 is 2.31 bits per heavy atom. The highest BCUT2D eigenvalue weighted by atomic mass is 32.2. The van der Waals surface area contributed by atoms with E-state index in [0.29, 0.717) is 11.4 Å². The molecule has 2 heterocycles. The second kappa shape index (κ2) is 4.57. The predicted octanol–water partition coefficient (Wildman–Crippen LogP) is 0.956. The largest absolute Gasteiger partial charge is 0.494 e. The first-order chi connectivity index (χ1) is 7.67. The van der Waals surface area contributed by atoms with Gasteiger partial charge in [0.15, 0.2) is 5.88 Å². The molecule has 1 aromatic rings. The molecule has 0 spiro atoms. The monoisotopic (exact) mass is 244 g/mol. The van der Waals surface area contributed by atoms with Crippen molar-refractivity contribution in [1.82, 2.24) is 9.88 Å². The molecule has 0 radical (unpaired) electrons. The summed E-state index contributed by atoms with van der Waals surface area (Å²) in [4.78, 5) is 0.694. The van der Waals surface area contributed by atoms with Gasteiger partial charge in [-0.15, -0.1) is 11.8 Å². The number of hydrogen-bond acceptors (Lipinski definition) is 5. The van der Waals surface area contributed by atoms with Crippen molar-refractivity contribution in [3.8, 4) is 11.8 Å². The normalized spacial score (nSPS) is 23.6. The zero-order valence-electron chi connectivity index (χ0n) is 9.30. The predicted molar refractivity (Wildman–Crippen MR) is 61.9 cm³/mol. The fourth-order valence-electron chi connectivity index (χ4n) is 1.74. The highest BCUT2D eigenvalue weighted by Gasteiger charge is 2.37. The molecule has 16 heavy (non-hydrogen) atoms. The first-order valence-electron chi connectivity index (χ1n) is 5.15. The maximum absolute atomic E-state index is 9.79. The van der Waals surface area contributed by atoms with Crippen LogP contribution < -0.4 is 5.32 Å². The van der Waals surface area contributed by atoms with E-state index in [1.54, 1.807) is 6.07 Å². The van der Waals surface area contributed by atoms with Crippen molar-refractivity contribution in [2.24, 2.45) is 0 Å². The quantitative estimate of drug-likeness (QED) is 0.531. The van der Waals surface area contributed by atoms with E-state index in [0.717, 1.165) is 6.42 Å². The number of thioether (sulfide) groups is 1. The molecule has 0 aliphatic carbocycles. The van der Waals surface area contributed by atoms with Crippen molar-refractivity contribution in [2.45, 2.75) is 30.2 Å². The Morgan fingerprint density at radius 3 is 2.81 bits per heavy atom. The van der Waals surface area contributed by atoms with Crippen LogP contribution >= 0.6 is 11.8 Å². The van der Waals surface area contributed by atoms with Gasteiger partial charge >= 0.3 is 0 Å². The fourth-order valence-corrected chi connectivity index (χ4v) is 2.26. The van der Waals surface area contributed by atoms with Gasteiger partial charge in [-0.3, -0.25) is 9.88 Å². The molecule has 1 saturated heterocycles. The van der Waals surface area contributed by atoms with Gasteiger partial charge in [0.1, 0.15) is 12.3 Å². The Labute approximate surface area is 98.4 Å².